The molecule has 0 aromatic carbocycles. The van der Waals surface area contributed by atoms with Gasteiger partial charge in [-0.1, -0.05) is 11.6 Å². The number of rotatable bonds is 5. The van der Waals surface area contributed by atoms with E-state index in [0.717, 1.165) is 4.57 Å². The molecule has 0 radical (unpaired) electrons. The number of carboxylic acids is 1. The molecule has 10 heteroatoms. The molecule has 3 rings (SSSR count). The summed E-state index contributed by atoms with van der Waals surface area (Å²) in [5.74, 6) is -3.97. The first-order valence-electron chi connectivity index (χ1n) is 9.05. The molecule has 0 aliphatic rings. The standard InChI is InChI=1S/C19H14ClF2N3O4/c1-9-6-23-13(19(27)28)5-15(9)25-10(2)3-16(17(20)18(25)26)29-8-14-12(22)4-11(21)7-24-14/h3-7H,8H2,1-2H3,(H,27,28)/i8D2. The van der Waals surface area contributed by atoms with E-state index in [9.17, 15) is 18.4 Å². The number of hydrogen-bond acceptors (Lipinski definition) is 5. The summed E-state index contributed by atoms with van der Waals surface area (Å²) >= 11 is 6.10. The summed E-state index contributed by atoms with van der Waals surface area (Å²) in [7, 11) is 0. The number of halogens is 3. The zero-order chi connectivity index (χ0) is 23.1. The number of hydrogen-bond donors (Lipinski definition) is 1. The summed E-state index contributed by atoms with van der Waals surface area (Å²) < 4.78 is 49.2. The molecule has 0 bridgehead atoms. The maximum absolute atomic E-state index is 14.0. The van der Waals surface area contributed by atoms with Crippen molar-refractivity contribution < 1.29 is 26.2 Å². The van der Waals surface area contributed by atoms with E-state index in [4.69, 9.17) is 24.2 Å². The number of ether oxygens (including phenoxy) is 1. The van der Waals surface area contributed by atoms with Crippen LogP contribution in [-0.2, 0) is 6.56 Å². The molecule has 0 saturated heterocycles. The van der Waals surface area contributed by atoms with Gasteiger partial charge in [0.05, 0.1) is 14.6 Å². The molecule has 0 amide bonds. The van der Waals surface area contributed by atoms with Crippen molar-refractivity contribution in [1.82, 2.24) is 14.5 Å². The van der Waals surface area contributed by atoms with Gasteiger partial charge in [-0.25, -0.2) is 18.6 Å². The number of nitrogens with zero attached hydrogens (tertiary/aromatic N) is 3. The first-order valence-corrected chi connectivity index (χ1v) is 8.43. The van der Waals surface area contributed by atoms with Crippen LogP contribution in [0, 0.1) is 25.5 Å². The van der Waals surface area contributed by atoms with Crippen LogP contribution in [0.15, 0.2) is 35.4 Å². The molecular formula is C19H14ClF2N3O4. The number of aryl methyl sites for hydroxylation is 2. The van der Waals surface area contributed by atoms with Gasteiger partial charge in [-0.2, -0.15) is 0 Å². The van der Waals surface area contributed by atoms with Crippen molar-refractivity contribution in [2.45, 2.75) is 20.4 Å². The summed E-state index contributed by atoms with van der Waals surface area (Å²) in [6, 6.07) is 2.86. The third-order valence-corrected chi connectivity index (χ3v) is 4.25. The second-order valence-electron chi connectivity index (χ2n) is 5.95. The summed E-state index contributed by atoms with van der Waals surface area (Å²) in [5.41, 5.74) is -1.05. The molecule has 29 heavy (non-hydrogen) atoms. The average Bonchev–Trinajstić information content (AvgIpc) is 2.66. The average molecular weight is 424 g/mol. The summed E-state index contributed by atoms with van der Waals surface area (Å²) in [6.45, 7) is 0.215. The molecule has 1 N–H and O–H groups in total. The van der Waals surface area contributed by atoms with Crippen molar-refractivity contribution in [2.24, 2.45) is 0 Å². The summed E-state index contributed by atoms with van der Waals surface area (Å²) in [5, 5.41) is 8.63. The molecule has 3 heterocycles. The van der Waals surface area contributed by atoms with Crippen molar-refractivity contribution in [3.05, 3.63) is 80.2 Å². The number of carbonyl (C=O) groups is 1. The van der Waals surface area contributed by atoms with Gasteiger partial charge < -0.3 is 9.84 Å². The highest BCUT2D eigenvalue weighted by Crippen LogP contribution is 2.25. The Bertz CT molecular complexity index is 1270. The Kier molecular flexibility index (Phi) is 4.87. The lowest BCUT2D eigenvalue weighted by molar-refractivity contribution is 0.0690. The Morgan fingerprint density at radius 2 is 2.00 bits per heavy atom. The van der Waals surface area contributed by atoms with Gasteiger partial charge in [0.1, 0.15) is 34.5 Å². The van der Waals surface area contributed by atoms with Gasteiger partial charge in [-0.3, -0.25) is 14.3 Å². The molecule has 150 valence electrons. The van der Waals surface area contributed by atoms with Crippen LogP contribution in [-0.4, -0.2) is 25.6 Å². The Morgan fingerprint density at radius 3 is 2.66 bits per heavy atom. The zero-order valence-corrected chi connectivity index (χ0v) is 15.8. The number of aromatic carboxylic acids is 1. The smallest absolute Gasteiger partial charge is 0.354 e. The van der Waals surface area contributed by atoms with Gasteiger partial charge in [-0.15, -0.1) is 0 Å². The minimum atomic E-state index is -2.88. The van der Waals surface area contributed by atoms with Crippen LogP contribution >= 0.6 is 11.6 Å². The monoisotopic (exact) mass is 423 g/mol. The van der Waals surface area contributed by atoms with E-state index in [2.05, 4.69) is 9.97 Å². The van der Waals surface area contributed by atoms with Crippen LogP contribution in [0.2, 0.25) is 5.02 Å². The molecule has 0 unspecified atom stereocenters. The molecule has 0 atom stereocenters. The maximum atomic E-state index is 14.0. The lowest BCUT2D eigenvalue weighted by atomic mass is 10.2. The Balaban J connectivity index is 2.10. The molecule has 7 nitrogen and oxygen atoms in total. The highest BCUT2D eigenvalue weighted by atomic mass is 35.5. The number of pyridine rings is 3. The predicted octanol–water partition coefficient (Wildman–Crippen LogP) is 3.45. The van der Waals surface area contributed by atoms with Crippen molar-refractivity contribution in [3.8, 4) is 11.4 Å². The van der Waals surface area contributed by atoms with Gasteiger partial charge >= 0.3 is 5.97 Å². The van der Waals surface area contributed by atoms with Gasteiger partial charge in [0.2, 0.25) is 0 Å². The zero-order valence-electron chi connectivity index (χ0n) is 17.0. The first kappa shape index (κ1) is 17.7. The van der Waals surface area contributed by atoms with Crippen LogP contribution in [0.5, 0.6) is 5.75 Å². The minimum absolute atomic E-state index is 0.206. The number of aromatic nitrogens is 3. The Hall–Kier alpha value is -3.33. The topological polar surface area (TPSA) is 94.3 Å². The lowest BCUT2D eigenvalue weighted by Gasteiger charge is -2.16. The number of carboxylic acid groups (broad SMARTS) is 1. The predicted molar refractivity (Wildman–Crippen MR) is 99.8 cm³/mol. The van der Waals surface area contributed by atoms with Gasteiger partial charge in [0, 0.05) is 24.0 Å². The van der Waals surface area contributed by atoms with E-state index in [-0.39, 0.29) is 17.1 Å². The molecule has 3 aromatic heterocycles. The van der Waals surface area contributed by atoms with Crippen LogP contribution in [0.3, 0.4) is 0 Å². The maximum Gasteiger partial charge on any atom is 0.354 e. The minimum Gasteiger partial charge on any atom is -0.485 e. The second-order valence-corrected chi connectivity index (χ2v) is 6.33. The fourth-order valence-corrected chi connectivity index (χ4v) is 2.70. The van der Waals surface area contributed by atoms with Gasteiger partial charge in [0.15, 0.2) is 5.82 Å². The molecule has 0 saturated carbocycles. The molecule has 0 aliphatic heterocycles. The lowest BCUT2D eigenvalue weighted by Crippen LogP contribution is -2.23. The fraction of sp³-hybridized carbons (Fsp3) is 0.158. The van der Waals surface area contributed by atoms with E-state index in [1.807, 2.05) is 0 Å². The Labute approximate surface area is 171 Å². The summed E-state index contributed by atoms with van der Waals surface area (Å²) in [6.07, 6.45) is 1.90. The van der Waals surface area contributed by atoms with Gasteiger partial charge in [-0.05, 0) is 25.5 Å². The van der Waals surface area contributed by atoms with Crippen molar-refractivity contribution in [2.75, 3.05) is 0 Å². The van der Waals surface area contributed by atoms with Crippen LogP contribution in [0.1, 0.15) is 30.2 Å². The molecule has 0 fully saturated rings. The van der Waals surface area contributed by atoms with Crippen LogP contribution < -0.4 is 10.3 Å². The second kappa shape index (κ2) is 7.96. The summed E-state index contributed by atoms with van der Waals surface area (Å²) in [4.78, 5) is 31.3. The normalized spacial score (nSPS) is 12.3. The molecule has 0 spiro atoms. The van der Waals surface area contributed by atoms with E-state index < -0.39 is 46.2 Å². The third kappa shape index (κ3) is 4.09. The van der Waals surface area contributed by atoms with Crippen LogP contribution in [0.25, 0.3) is 5.69 Å². The van der Waals surface area contributed by atoms with Crippen molar-refractivity contribution in [3.63, 3.8) is 0 Å². The highest BCUT2D eigenvalue weighted by Gasteiger charge is 2.18. The van der Waals surface area contributed by atoms with E-state index in [0.29, 0.717) is 17.8 Å². The third-order valence-electron chi connectivity index (χ3n) is 3.90. The molecular weight excluding hydrogens is 408 g/mol. The van der Waals surface area contributed by atoms with Crippen molar-refractivity contribution in [1.29, 1.82) is 0 Å². The SMILES string of the molecule is [2H]C([2H])(Oc1cc(C)n(-c2cc(C(=O)O)ncc2C)c(=O)c1Cl)c1ncc(F)cc1F. The Morgan fingerprint density at radius 1 is 1.28 bits per heavy atom. The fourth-order valence-electron chi connectivity index (χ4n) is 2.52. The van der Waals surface area contributed by atoms with Gasteiger partial charge in [0.25, 0.3) is 5.56 Å². The first-order chi connectivity index (χ1) is 14.4. The molecule has 0 aliphatic carbocycles. The van der Waals surface area contributed by atoms with E-state index in [1.165, 1.54) is 25.3 Å². The van der Waals surface area contributed by atoms with Crippen molar-refractivity contribution >= 4 is 17.6 Å². The van der Waals surface area contributed by atoms with Crippen LogP contribution in [0.4, 0.5) is 8.78 Å². The quantitative estimate of drug-likeness (QED) is 0.675. The van der Waals surface area contributed by atoms with E-state index >= 15 is 0 Å². The molecule has 3 aromatic rings. The highest BCUT2D eigenvalue weighted by molar-refractivity contribution is 6.31. The largest absolute Gasteiger partial charge is 0.485 e. The van der Waals surface area contributed by atoms with E-state index in [1.54, 1.807) is 6.92 Å².